The lowest BCUT2D eigenvalue weighted by atomic mass is 10.5. The summed E-state index contributed by atoms with van der Waals surface area (Å²) in [5.74, 6) is 0.374. The quantitative estimate of drug-likeness (QED) is 0.588. The zero-order valence-electron chi connectivity index (χ0n) is 6.02. The highest BCUT2D eigenvalue weighted by Gasteiger charge is 1.92. The third kappa shape index (κ3) is 4.90. The van der Waals surface area contributed by atoms with Gasteiger partial charge in [0.2, 0.25) is 5.91 Å². The predicted molar refractivity (Wildman–Crippen MR) is 39.1 cm³/mol. The lowest BCUT2D eigenvalue weighted by Crippen LogP contribution is -2.22. The molecule has 0 unspecified atom stereocenters. The second kappa shape index (κ2) is 4.61. The maximum atomic E-state index is 10.3. The number of hydrogen-bond donors (Lipinski definition) is 1. The Bertz CT molecular complexity index is 152. The SMILES string of the molecule is C=COC(=C)CNC(C)=O. The maximum Gasteiger partial charge on any atom is 0.217 e. The summed E-state index contributed by atoms with van der Waals surface area (Å²) in [6, 6.07) is 0. The first-order chi connectivity index (χ1) is 4.66. The van der Waals surface area contributed by atoms with Crippen molar-refractivity contribution in [3.63, 3.8) is 0 Å². The number of hydrogen-bond acceptors (Lipinski definition) is 2. The Balaban J connectivity index is 3.39. The molecule has 0 spiro atoms. The minimum atomic E-state index is -0.103. The summed E-state index contributed by atoms with van der Waals surface area (Å²) >= 11 is 0. The summed E-state index contributed by atoms with van der Waals surface area (Å²) < 4.78 is 4.75. The Hall–Kier alpha value is -1.25. The Morgan fingerprint density at radius 1 is 1.80 bits per heavy atom. The second-order valence-electron chi connectivity index (χ2n) is 1.73. The number of nitrogens with one attached hydrogen (secondary N) is 1. The molecular weight excluding hydrogens is 130 g/mol. The molecule has 0 fully saturated rings. The van der Waals surface area contributed by atoms with E-state index in [1.54, 1.807) is 0 Å². The summed E-state index contributed by atoms with van der Waals surface area (Å²) in [4.78, 5) is 10.3. The molecule has 0 aliphatic rings. The fourth-order valence-corrected chi connectivity index (χ4v) is 0.383. The van der Waals surface area contributed by atoms with Gasteiger partial charge in [0.05, 0.1) is 12.8 Å². The van der Waals surface area contributed by atoms with Crippen LogP contribution in [0.2, 0.25) is 0 Å². The molecule has 10 heavy (non-hydrogen) atoms. The van der Waals surface area contributed by atoms with Crippen LogP contribution in [-0.4, -0.2) is 12.5 Å². The number of amides is 1. The van der Waals surface area contributed by atoms with Crippen LogP contribution >= 0.6 is 0 Å². The molecule has 0 atom stereocenters. The lowest BCUT2D eigenvalue weighted by molar-refractivity contribution is -0.118. The first kappa shape index (κ1) is 8.75. The molecule has 3 heteroatoms. The molecular formula is C7H11NO2. The van der Waals surface area contributed by atoms with Gasteiger partial charge in [-0.1, -0.05) is 13.2 Å². The van der Waals surface area contributed by atoms with E-state index in [9.17, 15) is 4.79 Å². The van der Waals surface area contributed by atoms with E-state index >= 15 is 0 Å². The van der Waals surface area contributed by atoms with Crippen LogP contribution in [0.15, 0.2) is 25.2 Å². The maximum absolute atomic E-state index is 10.3. The highest BCUT2D eigenvalue weighted by molar-refractivity contribution is 5.72. The molecule has 1 amide bonds. The largest absolute Gasteiger partial charge is 0.469 e. The van der Waals surface area contributed by atoms with Crippen molar-refractivity contribution in [2.24, 2.45) is 0 Å². The number of ether oxygens (including phenoxy) is 1. The molecule has 0 aromatic carbocycles. The van der Waals surface area contributed by atoms with E-state index in [1.807, 2.05) is 0 Å². The molecule has 0 bridgehead atoms. The van der Waals surface area contributed by atoms with Crippen LogP contribution in [0.25, 0.3) is 0 Å². The fraction of sp³-hybridized carbons (Fsp3) is 0.286. The molecule has 0 aromatic heterocycles. The highest BCUT2D eigenvalue weighted by Crippen LogP contribution is 1.89. The molecule has 0 aliphatic heterocycles. The summed E-state index contributed by atoms with van der Waals surface area (Å²) in [5, 5.41) is 2.52. The van der Waals surface area contributed by atoms with Gasteiger partial charge < -0.3 is 10.1 Å². The molecule has 0 aromatic rings. The van der Waals surface area contributed by atoms with Crippen molar-refractivity contribution in [1.82, 2.24) is 5.32 Å². The number of carbonyl (C=O) groups is 1. The third-order valence-corrected chi connectivity index (χ3v) is 0.785. The van der Waals surface area contributed by atoms with Crippen LogP contribution in [-0.2, 0) is 9.53 Å². The first-order valence-corrected chi connectivity index (χ1v) is 2.86. The summed E-state index contributed by atoms with van der Waals surface area (Å²) in [6.07, 6.45) is 1.27. The van der Waals surface area contributed by atoms with Crippen LogP contribution in [0.3, 0.4) is 0 Å². The lowest BCUT2D eigenvalue weighted by Gasteiger charge is -2.03. The number of carbonyl (C=O) groups excluding carboxylic acids is 1. The zero-order chi connectivity index (χ0) is 7.98. The van der Waals surface area contributed by atoms with Crippen LogP contribution in [0.1, 0.15) is 6.92 Å². The smallest absolute Gasteiger partial charge is 0.217 e. The van der Waals surface area contributed by atoms with Crippen LogP contribution in [0.5, 0.6) is 0 Å². The molecule has 0 saturated heterocycles. The van der Waals surface area contributed by atoms with Crippen molar-refractivity contribution in [2.45, 2.75) is 6.92 Å². The molecule has 3 nitrogen and oxygen atoms in total. The van der Waals surface area contributed by atoms with Gasteiger partial charge in [0.25, 0.3) is 0 Å². The van der Waals surface area contributed by atoms with Gasteiger partial charge in [0.15, 0.2) is 0 Å². The van der Waals surface area contributed by atoms with Crippen molar-refractivity contribution in [1.29, 1.82) is 0 Å². The minimum absolute atomic E-state index is 0.103. The highest BCUT2D eigenvalue weighted by atomic mass is 16.5. The topological polar surface area (TPSA) is 38.3 Å². The van der Waals surface area contributed by atoms with E-state index in [0.717, 1.165) is 0 Å². The average molecular weight is 141 g/mol. The van der Waals surface area contributed by atoms with Crippen LogP contribution in [0, 0.1) is 0 Å². The predicted octanol–water partition coefficient (Wildman–Crippen LogP) is 0.796. The summed E-state index contributed by atoms with van der Waals surface area (Å²) in [7, 11) is 0. The van der Waals surface area contributed by atoms with Gasteiger partial charge in [-0.3, -0.25) is 4.79 Å². The van der Waals surface area contributed by atoms with Crippen molar-refractivity contribution < 1.29 is 9.53 Å². The molecule has 0 heterocycles. The molecule has 0 rings (SSSR count). The van der Waals surface area contributed by atoms with Gasteiger partial charge >= 0.3 is 0 Å². The molecule has 0 saturated carbocycles. The van der Waals surface area contributed by atoms with E-state index in [4.69, 9.17) is 4.74 Å². The Morgan fingerprint density at radius 3 is 2.80 bits per heavy atom. The standard InChI is InChI=1S/C7H11NO2/c1-4-10-6(2)5-8-7(3)9/h4H,1-2,5H2,3H3,(H,8,9). The molecule has 1 N–H and O–H groups in total. The van der Waals surface area contributed by atoms with Crippen LogP contribution < -0.4 is 5.32 Å². The summed E-state index contributed by atoms with van der Waals surface area (Å²) in [5.41, 5.74) is 0. The fourth-order valence-electron chi connectivity index (χ4n) is 0.383. The number of rotatable bonds is 4. The average Bonchev–Trinajstić information content (AvgIpc) is 1.85. The third-order valence-electron chi connectivity index (χ3n) is 0.785. The Morgan fingerprint density at radius 2 is 2.40 bits per heavy atom. The van der Waals surface area contributed by atoms with E-state index in [-0.39, 0.29) is 5.91 Å². The van der Waals surface area contributed by atoms with Gasteiger partial charge in [-0.2, -0.15) is 0 Å². The van der Waals surface area contributed by atoms with Gasteiger partial charge in [-0.15, -0.1) is 0 Å². The monoisotopic (exact) mass is 141 g/mol. The van der Waals surface area contributed by atoms with E-state index in [0.29, 0.717) is 12.3 Å². The van der Waals surface area contributed by atoms with E-state index in [2.05, 4.69) is 18.5 Å². The minimum Gasteiger partial charge on any atom is -0.469 e. The van der Waals surface area contributed by atoms with Gasteiger partial charge in [0.1, 0.15) is 5.76 Å². The van der Waals surface area contributed by atoms with Crippen molar-refractivity contribution >= 4 is 5.91 Å². The van der Waals surface area contributed by atoms with Gasteiger partial charge in [0, 0.05) is 6.92 Å². The zero-order valence-corrected chi connectivity index (χ0v) is 6.02. The van der Waals surface area contributed by atoms with E-state index < -0.39 is 0 Å². The molecule has 0 radical (unpaired) electrons. The van der Waals surface area contributed by atoms with E-state index in [1.165, 1.54) is 13.2 Å². The van der Waals surface area contributed by atoms with Gasteiger partial charge in [-0.25, -0.2) is 0 Å². The van der Waals surface area contributed by atoms with Crippen molar-refractivity contribution in [2.75, 3.05) is 6.54 Å². The Labute approximate surface area is 60.4 Å². The first-order valence-electron chi connectivity index (χ1n) is 2.86. The molecule has 56 valence electrons. The van der Waals surface area contributed by atoms with Crippen molar-refractivity contribution in [3.05, 3.63) is 25.2 Å². The normalized spacial score (nSPS) is 8.10. The van der Waals surface area contributed by atoms with Crippen LogP contribution in [0.4, 0.5) is 0 Å². The van der Waals surface area contributed by atoms with Crippen molar-refractivity contribution in [3.8, 4) is 0 Å². The van der Waals surface area contributed by atoms with Gasteiger partial charge in [-0.05, 0) is 0 Å². The second-order valence-corrected chi connectivity index (χ2v) is 1.73. The summed E-state index contributed by atoms with van der Waals surface area (Å²) in [6.45, 7) is 8.61. The molecule has 0 aliphatic carbocycles. The Kier molecular flexibility index (Phi) is 4.04.